The fraction of sp³-hybridized carbons (Fsp3) is 0.500. The first-order chi connectivity index (χ1) is 7.98. The van der Waals surface area contributed by atoms with Crippen LogP contribution < -0.4 is 5.19 Å². The first-order valence-electron chi connectivity index (χ1n) is 6.19. The van der Waals surface area contributed by atoms with Gasteiger partial charge in [0.25, 0.3) is 0 Å². The van der Waals surface area contributed by atoms with Crippen molar-refractivity contribution in [1.82, 2.24) is 0 Å². The lowest BCUT2D eigenvalue weighted by Crippen LogP contribution is -2.45. The number of carbonyl (C=O) groups excluding carboxylic acids is 1. The molecule has 0 unspecified atom stereocenters. The third-order valence-electron chi connectivity index (χ3n) is 3.53. The van der Waals surface area contributed by atoms with Crippen LogP contribution in [0, 0.1) is 0 Å². The molecule has 1 aromatic rings. The molecule has 0 radical (unpaired) electrons. The number of esters is 1. The molecule has 1 rings (SSSR count). The van der Waals surface area contributed by atoms with E-state index in [1.54, 1.807) is 0 Å². The molecular weight excluding hydrogens is 228 g/mol. The smallest absolute Gasteiger partial charge is 0.305 e. The molecule has 0 fully saturated rings. The summed E-state index contributed by atoms with van der Waals surface area (Å²) < 4.78 is 5.03. The maximum absolute atomic E-state index is 11.5. The van der Waals surface area contributed by atoms with Gasteiger partial charge in [-0.3, -0.25) is 4.79 Å². The van der Waals surface area contributed by atoms with Crippen LogP contribution in [0.1, 0.15) is 20.3 Å². The second-order valence-electron chi connectivity index (χ2n) is 5.00. The molecule has 0 heterocycles. The van der Waals surface area contributed by atoms with E-state index in [2.05, 4.69) is 44.3 Å². The van der Waals surface area contributed by atoms with Crippen molar-refractivity contribution in [3.63, 3.8) is 0 Å². The van der Waals surface area contributed by atoms with Crippen molar-refractivity contribution in [3.05, 3.63) is 30.3 Å². The van der Waals surface area contributed by atoms with Crippen LogP contribution in [0.15, 0.2) is 30.3 Å². The van der Waals surface area contributed by atoms with E-state index in [-0.39, 0.29) is 5.97 Å². The molecule has 0 saturated heterocycles. The van der Waals surface area contributed by atoms with Crippen LogP contribution in [0.25, 0.3) is 0 Å². The SMILES string of the molecule is CCOC(=O)C[C@H](C)[Si](C)(C)c1ccccc1. The molecule has 0 saturated carbocycles. The zero-order chi connectivity index (χ0) is 12.9. The van der Waals surface area contributed by atoms with Crippen molar-refractivity contribution < 1.29 is 9.53 Å². The van der Waals surface area contributed by atoms with Gasteiger partial charge in [-0.1, -0.05) is 55.5 Å². The standard InChI is InChI=1S/C14H22O2Si/c1-5-16-14(15)11-12(2)17(3,4)13-9-7-6-8-10-13/h6-10,12H,5,11H2,1-4H3/t12-/m0/s1. The van der Waals surface area contributed by atoms with Crippen molar-refractivity contribution in [2.45, 2.75) is 38.9 Å². The molecule has 0 aromatic heterocycles. The van der Waals surface area contributed by atoms with E-state index < -0.39 is 8.07 Å². The largest absolute Gasteiger partial charge is 0.466 e. The van der Waals surface area contributed by atoms with Crippen LogP contribution in [0.3, 0.4) is 0 Å². The van der Waals surface area contributed by atoms with Gasteiger partial charge >= 0.3 is 5.97 Å². The maximum Gasteiger partial charge on any atom is 0.305 e. The normalized spacial score (nSPS) is 13.2. The minimum Gasteiger partial charge on any atom is -0.466 e. The highest BCUT2D eigenvalue weighted by Crippen LogP contribution is 2.25. The minimum absolute atomic E-state index is 0.0727. The first kappa shape index (κ1) is 14.0. The monoisotopic (exact) mass is 250 g/mol. The fourth-order valence-corrected chi connectivity index (χ4v) is 4.17. The average molecular weight is 250 g/mol. The highest BCUT2D eigenvalue weighted by Gasteiger charge is 2.31. The highest BCUT2D eigenvalue weighted by molar-refractivity contribution is 6.91. The number of rotatable bonds is 5. The minimum atomic E-state index is -1.58. The Morgan fingerprint density at radius 3 is 2.41 bits per heavy atom. The third-order valence-corrected chi connectivity index (χ3v) is 8.02. The Bertz CT molecular complexity index is 360. The summed E-state index contributed by atoms with van der Waals surface area (Å²) in [6.45, 7) is 9.11. The van der Waals surface area contributed by atoms with Gasteiger partial charge < -0.3 is 4.74 Å². The topological polar surface area (TPSA) is 26.3 Å². The summed E-state index contributed by atoms with van der Waals surface area (Å²) >= 11 is 0. The lowest BCUT2D eigenvalue weighted by Gasteiger charge is -2.29. The zero-order valence-corrected chi connectivity index (χ0v) is 12.2. The second kappa shape index (κ2) is 6.01. The summed E-state index contributed by atoms with van der Waals surface area (Å²) in [6, 6.07) is 10.5. The van der Waals surface area contributed by atoms with Gasteiger partial charge in [0.2, 0.25) is 0 Å². The van der Waals surface area contributed by atoms with Gasteiger partial charge in [0.15, 0.2) is 0 Å². The predicted molar refractivity (Wildman–Crippen MR) is 74.2 cm³/mol. The van der Waals surface area contributed by atoms with Gasteiger partial charge in [-0.2, -0.15) is 0 Å². The molecule has 2 nitrogen and oxygen atoms in total. The van der Waals surface area contributed by atoms with Gasteiger partial charge in [-0.25, -0.2) is 0 Å². The molecule has 0 amide bonds. The van der Waals surface area contributed by atoms with E-state index >= 15 is 0 Å². The number of hydrogen-bond donors (Lipinski definition) is 0. The van der Waals surface area contributed by atoms with Crippen LogP contribution in [0.2, 0.25) is 18.6 Å². The molecule has 17 heavy (non-hydrogen) atoms. The summed E-state index contributed by atoms with van der Waals surface area (Å²) in [6.07, 6.45) is 0.530. The van der Waals surface area contributed by atoms with Crippen molar-refractivity contribution >= 4 is 19.2 Å². The Morgan fingerprint density at radius 2 is 1.88 bits per heavy atom. The first-order valence-corrected chi connectivity index (χ1v) is 9.27. The molecule has 0 N–H and O–H groups in total. The Kier molecular flexibility index (Phi) is 4.94. The third kappa shape index (κ3) is 3.70. The molecule has 0 spiro atoms. The Hall–Kier alpha value is -1.09. The molecule has 0 bridgehead atoms. The Balaban J connectivity index is 2.73. The lowest BCUT2D eigenvalue weighted by atomic mass is 10.3. The van der Waals surface area contributed by atoms with E-state index in [1.165, 1.54) is 5.19 Å². The summed E-state index contributed by atoms with van der Waals surface area (Å²) in [5.41, 5.74) is 0.393. The van der Waals surface area contributed by atoms with E-state index in [0.717, 1.165) is 0 Å². The van der Waals surface area contributed by atoms with Crippen molar-refractivity contribution in [1.29, 1.82) is 0 Å². The number of ether oxygens (including phenoxy) is 1. The van der Waals surface area contributed by atoms with Crippen LogP contribution in [-0.2, 0) is 9.53 Å². The van der Waals surface area contributed by atoms with E-state index in [1.807, 2.05) is 13.0 Å². The maximum atomic E-state index is 11.5. The molecule has 1 aromatic carbocycles. The zero-order valence-electron chi connectivity index (χ0n) is 11.2. The lowest BCUT2D eigenvalue weighted by molar-refractivity contribution is -0.143. The van der Waals surface area contributed by atoms with Crippen LogP contribution >= 0.6 is 0 Å². The van der Waals surface area contributed by atoms with Gasteiger partial charge in [0, 0.05) is 6.42 Å². The van der Waals surface area contributed by atoms with Gasteiger partial charge in [0.05, 0.1) is 14.7 Å². The highest BCUT2D eigenvalue weighted by atomic mass is 28.3. The van der Waals surface area contributed by atoms with Crippen molar-refractivity contribution in [2.75, 3.05) is 6.61 Å². The Labute approximate surface area is 105 Å². The summed E-state index contributed by atoms with van der Waals surface area (Å²) in [4.78, 5) is 11.5. The fourth-order valence-electron chi connectivity index (χ4n) is 1.88. The van der Waals surface area contributed by atoms with Gasteiger partial charge in [-0.05, 0) is 12.5 Å². The molecule has 0 aliphatic heterocycles. The summed E-state index contributed by atoms with van der Waals surface area (Å²) in [5.74, 6) is -0.0727. The average Bonchev–Trinajstić information content (AvgIpc) is 2.30. The predicted octanol–water partition coefficient (Wildman–Crippen LogP) is 2.95. The summed E-state index contributed by atoms with van der Waals surface area (Å²) in [7, 11) is -1.58. The van der Waals surface area contributed by atoms with Crippen LogP contribution in [0.5, 0.6) is 0 Å². The number of benzene rings is 1. The van der Waals surface area contributed by atoms with Crippen LogP contribution in [0.4, 0.5) is 0 Å². The molecule has 0 aliphatic carbocycles. The van der Waals surface area contributed by atoms with Gasteiger partial charge in [-0.15, -0.1) is 0 Å². The molecule has 94 valence electrons. The molecule has 3 heteroatoms. The van der Waals surface area contributed by atoms with E-state index in [0.29, 0.717) is 18.6 Å². The molecule has 0 aliphatic rings. The van der Waals surface area contributed by atoms with Crippen LogP contribution in [-0.4, -0.2) is 20.7 Å². The van der Waals surface area contributed by atoms with Crippen molar-refractivity contribution in [3.8, 4) is 0 Å². The number of carbonyl (C=O) groups is 1. The quantitative estimate of drug-likeness (QED) is 0.593. The summed E-state index contributed by atoms with van der Waals surface area (Å²) in [5, 5.41) is 1.40. The molecular formula is C14H22O2Si. The van der Waals surface area contributed by atoms with E-state index in [9.17, 15) is 4.79 Å². The number of hydrogen-bond acceptors (Lipinski definition) is 2. The molecule has 1 atom stereocenters. The van der Waals surface area contributed by atoms with Gasteiger partial charge in [0.1, 0.15) is 0 Å². The second-order valence-corrected chi connectivity index (χ2v) is 10.0. The van der Waals surface area contributed by atoms with E-state index in [4.69, 9.17) is 4.74 Å². The van der Waals surface area contributed by atoms with Crippen molar-refractivity contribution in [2.24, 2.45) is 0 Å². The Morgan fingerprint density at radius 1 is 1.29 bits per heavy atom.